The third-order valence-electron chi connectivity index (χ3n) is 4.29. The lowest BCUT2D eigenvalue weighted by Crippen LogP contribution is -2.37. The Morgan fingerprint density at radius 2 is 1.84 bits per heavy atom. The Labute approximate surface area is 151 Å². The van der Waals surface area contributed by atoms with Crippen LogP contribution in [0.2, 0.25) is 0 Å². The van der Waals surface area contributed by atoms with Gasteiger partial charge in [-0.3, -0.25) is 23.3 Å². The lowest BCUT2D eigenvalue weighted by molar-refractivity contribution is 0.0971. The van der Waals surface area contributed by atoms with Gasteiger partial charge < -0.3 is 0 Å². The number of aromatic nitrogens is 4. The molecule has 1 aromatic carbocycles. The second-order valence-corrected chi connectivity index (χ2v) is 6.80. The van der Waals surface area contributed by atoms with Crippen LogP contribution in [0.5, 0.6) is 0 Å². The summed E-state index contributed by atoms with van der Waals surface area (Å²) in [6, 6.07) is 5.68. The van der Waals surface area contributed by atoms with Crippen LogP contribution >= 0.6 is 15.9 Å². The molecule has 7 nitrogen and oxygen atoms in total. The molecule has 130 valence electrons. The average molecular weight is 405 g/mol. The number of Topliss-reactive ketones (excluding diaryl/α,β-unsaturated/α-hetero) is 1. The SMILES string of the molecule is Cc1ccc(C)c(C(=O)Cn2c(Br)nc3c(=O)n(C)c(=O)n(C)c32)c1. The number of ketones is 1. The van der Waals surface area contributed by atoms with E-state index in [4.69, 9.17) is 0 Å². The van der Waals surface area contributed by atoms with E-state index in [9.17, 15) is 14.4 Å². The maximum Gasteiger partial charge on any atom is 0.332 e. The number of carbonyl (C=O) groups excluding carboxylic acids is 1. The summed E-state index contributed by atoms with van der Waals surface area (Å²) in [6.45, 7) is 3.77. The van der Waals surface area contributed by atoms with E-state index in [-0.39, 0.29) is 17.8 Å². The van der Waals surface area contributed by atoms with Crippen molar-refractivity contribution in [2.45, 2.75) is 20.4 Å². The first-order chi connectivity index (χ1) is 11.7. The Balaban J connectivity index is 2.19. The predicted octanol–water partition coefficient (Wildman–Crippen LogP) is 1.70. The van der Waals surface area contributed by atoms with Crippen LogP contribution in [0.4, 0.5) is 0 Å². The minimum Gasteiger partial charge on any atom is -0.296 e. The normalized spacial score (nSPS) is 11.2. The van der Waals surface area contributed by atoms with Gasteiger partial charge in [-0.25, -0.2) is 9.78 Å². The van der Waals surface area contributed by atoms with Gasteiger partial charge in [-0.2, -0.15) is 0 Å². The minimum atomic E-state index is -0.489. The highest BCUT2D eigenvalue weighted by Gasteiger charge is 2.20. The molecule has 0 saturated heterocycles. The molecule has 25 heavy (non-hydrogen) atoms. The molecule has 0 bridgehead atoms. The Morgan fingerprint density at radius 3 is 2.52 bits per heavy atom. The minimum absolute atomic E-state index is 0.0260. The van der Waals surface area contributed by atoms with Gasteiger partial charge in [0, 0.05) is 19.7 Å². The molecule has 0 aliphatic carbocycles. The van der Waals surface area contributed by atoms with Crippen molar-refractivity contribution in [3.8, 4) is 0 Å². The molecule has 0 radical (unpaired) electrons. The van der Waals surface area contributed by atoms with Crippen LogP contribution in [0.1, 0.15) is 21.5 Å². The largest absolute Gasteiger partial charge is 0.332 e. The van der Waals surface area contributed by atoms with Crippen molar-refractivity contribution in [2.24, 2.45) is 14.1 Å². The Morgan fingerprint density at radius 1 is 1.16 bits per heavy atom. The Bertz CT molecular complexity index is 1140. The first kappa shape index (κ1) is 17.3. The van der Waals surface area contributed by atoms with Gasteiger partial charge >= 0.3 is 5.69 Å². The van der Waals surface area contributed by atoms with Crippen LogP contribution in [-0.2, 0) is 20.6 Å². The molecule has 0 fully saturated rings. The van der Waals surface area contributed by atoms with Crippen LogP contribution < -0.4 is 11.2 Å². The first-order valence-corrected chi connectivity index (χ1v) is 8.44. The van der Waals surface area contributed by atoms with E-state index in [1.165, 1.54) is 11.6 Å². The Hall–Kier alpha value is -2.48. The second-order valence-electron chi connectivity index (χ2n) is 6.09. The molecule has 3 rings (SSSR count). The van der Waals surface area contributed by atoms with E-state index in [2.05, 4.69) is 20.9 Å². The molecule has 3 aromatic rings. The molecule has 0 spiro atoms. The van der Waals surface area contributed by atoms with E-state index >= 15 is 0 Å². The maximum absolute atomic E-state index is 12.8. The maximum atomic E-state index is 12.8. The number of nitrogens with zero attached hydrogens (tertiary/aromatic N) is 4. The van der Waals surface area contributed by atoms with Gasteiger partial charge in [-0.1, -0.05) is 17.7 Å². The molecule has 2 heterocycles. The lowest BCUT2D eigenvalue weighted by Gasteiger charge is -2.11. The summed E-state index contributed by atoms with van der Waals surface area (Å²) in [5, 5.41) is 0. The van der Waals surface area contributed by atoms with Crippen molar-refractivity contribution in [1.82, 2.24) is 18.7 Å². The summed E-state index contributed by atoms with van der Waals surface area (Å²) in [5.41, 5.74) is 1.99. The van der Waals surface area contributed by atoms with E-state index < -0.39 is 11.2 Å². The van der Waals surface area contributed by atoms with Gasteiger partial charge in [0.2, 0.25) is 0 Å². The van der Waals surface area contributed by atoms with Gasteiger partial charge in [-0.05, 0) is 41.4 Å². The number of hydrogen-bond donors (Lipinski definition) is 0. The standard InChI is InChI=1S/C17H17BrN4O3/c1-9-5-6-10(2)11(7-9)12(23)8-22-14-13(19-16(22)18)15(24)21(4)17(25)20(14)3/h5-7H,8H2,1-4H3. The number of imidazole rings is 1. The van der Waals surface area contributed by atoms with Gasteiger partial charge in [0.1, 0.15) is 0 Å². The van der Waals surface area contributed by atoms with Crippen molar-refractivity contribution in [1.29, 1.82) is 0 Å². The second kappa shape index (κ2) is 6.11. The summed E-state index contributed by atoms with van der Waals surface area (Å²) in [6.07, 6.45) is 0. The third kappa shape index (κ3) is 2.76. The number of hydrogen-bond acceptors (Lipinski definition) is 4. The number of rotatable bonds is 3. The number of fused-ring (bicyclic) bond motifs is 1. The number of carbonyl (C=O) groups is 1. The molecule has 8 heteroatoms. The first-order valence-electron chi connectivity index (χ1n) is 7.64. The fourth-order valence-electron chi connectivity index (χ4n) is 2.87. The smallest absolute Gasteiger partial charge is 0.296 e. The van der Waals surface area contributed by atoms with Crippen molar-refractivity contribution in [3.05, 3.63) is 60.5 Å². The summed E-state index contributed by atoms with van der Waals surface area (Å²) in [7, 11) is 2.95. The topological polar surface area (TPSA) is 78.9 Å². The third-order valence-corrected chi connectivity index (χ3v) is 4.89. The molecular formula is C17H17BrN4O3. The summed E-state index contributed by atoms with van der Waals surface area (Å²) < 4.78 is 4.20. The highest BCUT2D eigenvalue weighted by Crippen LogP contribution is 2.19. The van der Waals surface area contributed by atoms with Crippen LogP contribution in [0.25, 0.3) is 11.2 Å². The van der Waals surface area contributed by atoms with Crippen molar-refractivity contribution in [3.63, 3.8) is 0 Å². The van der Waals surface area contributed by atoms with Crippen LogP contribution in [0.15, 0.2) is 32.5 Å². The number of benzene rings is 1. The zero-order chi connectivity index (χ0) is 18.5. The number of aryl methyl sites for hydroxylation is 3. The molecule has 0 atom stereocenters. The Kier molecular flexibility index (Phi) is 4.24. The molecule has 0 unspecified atom stereocenters. The fraction of sp³-hybridized carbons (Fsp3) is 0.294. The highest BCUT2D eigenvalue weighted by atomic mass is 79.9. The zero-order valence-corrected chi connectivity index (χ0v) is 15.9. The van der Waals surface area contributed by atoms with Gasteiger partial charge in [0.15, 0.2) is 21.7 Å². The van der Waals surface area contributed by atoms with Gasteiger partial charge in [0.25, 0.3) is 5.56 Å². The van der Waals surface area contributed by atoms with E-state index in [1.807, 2.05) is 32.0 Å². The highest BCUT2D eigenvalue weighted by molar-refractivity contribution is 9.10. The van der Waals surface area contributed by atoms with Crippen LogP contribution in [0.3, 0.4) is 0 Å². The number of halogens is 1. The molecule has 0 saturated carbocycles. The molecular weight excluding hydrogens is 388 g/mol. The molecule has 0 aliphatic heterocycles. The van der Waals surface area contributed by atoms with Gasteiger partial charge in [0.05, 0.1) is 6.54 Å². The van der Waals surface area contributed by atoms with Crippen LogP contribution in [-0.4, -0.2) is 24.5 Å². The van der Waals surface area contributed by atoms with Crippen molar-refractivity contribution in [2.75, 3.05) is 0 Å². The van der Waals surface area contributed by atoms with E-state index in [1.54, 1.807) is 11.6 Å². The molecule has 2 aromatic heterocycles. The van der Waals surface area contributed by atoms with Crippen molar-refractivity contribution < 1.29 is 4.79 Å². The quantitative estimate of drug-likeness (QED) is 0.491. The predicted molar refractivity (Wildman–Crippen MR) is 98.2 cm³/mol. The zero-order valence-electron chi connectivity index (χ0n) is 14.3. The summed E-state index contributed by atoms with van der Waals surface area (Å²) in [5.74, 6) is -0.116. The summed E-state index contributed by atoms with van der Waals surface area (Å²) in [4.78, 5) is 41.5. The molecule has 0 amide bonds. The lowest BCUT2D eigenvalue weighted by atomic mass is 10.0. The molecule has 0 N–H and O–H groups in total. The van der Waals surface area contributed by atoms with Gasteiger partial charge in [-0.15, -0.1) is 0 Å². The summed E-state index contributed by atoms with van der Waals surface area (Å²) >= 11 is 3.30. The van der Waals surface area contributed by atoms with Crippen LogP contribution in [0, 0.1) is 13.8 Å². The fourth-order valence-corrected chi connectivity index (χ4v) is 3.34. The average Bonchev–Trinajstić information content (AvgIpc) is 2.90. The van der Waals surface area contributed by atoms with E-state index in [0.717, 1.165) is 15.7 Å². The van der Waals surface area contributed by atoms with Crippen molar-refractivity contribution >= 4 is 32.9 Å². The molecule has 0 aliphatic rings. The monoisotopic (exact) mass is 404 g/mol. The van der Waals surface area contributed by atoms with E-state index in [0.29, 0.717) is 15.9 Å².